The van der Waals surface area contributed by atoms with Gasteiger partial charge >= 0.3 is 0 Å². The van der Waals surface area contributed by atoms with E-state index in [9.17, 15) is 9.18 Å². The van der Waals surface area contributed by atoms with Crippen molar-refractivity contribution in [2.75, 3.05) is 0 Å². The lowest BCUT2D eigenvalue weighted by Crippen LogP contribution is -2.17. The molecule has 0 aliphatic heterocycles. The Morgan fingerprint density at radius 2 is 1.86 bits per heavy atom. The van der Waals surface area contributed by atoms with Gasteiger partial charge in [-0.3, -0.25) is 4.79 Å². The molecule has 3 aromatic rings. The Labute approximate surface area is 174 Å². The van der Waals surface area contributed by atoms with E-state index in [0.717, 1.165) is 11.3 Å². The van der Waals surface area contributed by atoms with E-state index in [1.54, 1.807) is 18.2 Å². The summed E-state index contributed by atoms with van der Waals surface area (Å²) >= 11 is 5.91. The summed E-state index contributed by atoms with van der Waals surface area (Å²) in [5, 5.41) is 4.00. The highest BCUT2D eigenvalue weighted by atomic mass is 35.5. The van der Waals surface area contributed by atoms with Gasteiger partial charge in [0.15, 0.2) is 0 Å². The van der Waals surface area contributed by atoms with Crippen LogP contribution in [-0.2, 0) is 6.61 Å². The molecule has 0 aromatic heterocycles. The average molecular weight is 411 g/mol. The van der Waals surface area contributed by atoms with Gasteiger partial charge in [0.25, 0.3) is 5.91 Å². The quantitative estimate of drug-likeness (QED) is 0.434. The molecule has 148 valence electrons. The van der Waals surface area contributed by atoms with Crippen LogP contribution < -0.4 is 10.2 Å². The third kappa shape index (κ3) is 5.42. The number of aryl methyl sites for hydroxylation is 2. The number of benzene rings is 3. The van der Waals surface area contributed by atoms with Crippen LogP contribution in [0.2, 0.25) is 5.02 Å². The SMILES string of the molecule is Cc1ccc(OCc2ccc(C(=O)NN=Cc3c(F)cccc3Cl)cc2)cc1C. The Balaban J connectivity index is 1.57. The second kappa shape index (κ2) is 9.34. The molecule has 0 radical (unpaired) electrons. The zero-order chi connectivity index (χ0) is 20.8. The van der Waals surface area contributed by atoms with Crippen molar-refractivity contribution >= 4 is 23.7 Å². The highest BCUT2D eigenvalue weighted by molar-refractivity contribution is 6.33. The predicted octanol–water partition coefficient (Wildman–Crippen LogP) is 5.44. The average Bonchev–Trinajstić information content (AvgIpc) is 2.71. The summed E-state index contributed by atoms with van der Waals surface area (Å²) in [5.41, 5.74) is 6.23. The molecule has 6 heteroatoms. The predicted molar refractivity (Wildman–Crippen MR) is 113 cm³/mol. The number of nitrogens with zero attached hydrogens (tertiary/aromatic N) is 1. The number of carbonyl (C=O) groups excluding carboxylic acids is 1. The van der Waals surface area contributed by atoms with Gasteiger partial charge in [0.1, 0.15) is 18.2 Å². The molecular formula is C23H20ClFN2O2. The van der Waals surface area contributed by atoms with Crippen molar-refractivity contribution in [2.45, 2.75) is 20.5 Å². The maximum absolute atomic E-state index is 13.7. The standard InChI is InChI=1S/C23H20ClFN2O2/c1-15-6-11-19(12-16(15)2)29-14-17-7-9-18(10-8-17)23(28)27-26-13-20-21(24)4-3-5-22(20)25/h3-13H,14H2,1-2H3,(H,27,28). The molecule has 3 aromatic carbocycles. The van der Waals surface area contributed by atoms with Crippen LogP contribution in [0.1, 0.15) is 32.6 Å². The van der Waals surface area contributed by atoms with Crippen molar-refractivity contribution in [3.8, 4) is 5.75 Å². The molecule has 29 heavy (non-hydrogen) atoms. The number of amides is 1. The summed E-state index contributed by atoms with van der Waals surface area (Å²) in [6, 6.07) is 17.3. The summed E-state index contributed by atoms with van der Waals surface area (Å²) in [4.78, 5) is 12.2. The number of rotatable bonds is 6. The number of hydrazone groups is 1. The Bertz CT molecular complexity index is 1030. The molecule has 0 saturated carbocycles. The first-order valence-corrected chi connectivity index (χ1v) is 9.38. The molecule has 0 saturated heterocycles. The van der Waals surface area contributed by atoms with Gasteiger partial charge in [-0.05, 0) is 66.9 Å². The summed E-state index contributed by atoms with van der Waals surface area (Å²) < 4.78 is 19.5. The lowest BCUT2D eigenvalue weighted by Gasteiger charge is -2.09. The number of nitrogens with one attached hydrogen (secondary N) is 1. The van der Waals surface area contributed by atoms with Crippen LogP contribution in [0.4, 0.5) is 4.39 Å². The van der Waals surface area contributed by atoms with Crippen LogP contribution in [0.15, 0.2) is 65.8 Å². The minimum Gasteiger partial charge on any atom is -0.489 e. The van der Waals surface area contributed by atoms with Crippen molar-refractivity contribution in [1.82, 2.24) is 5.43 Å². The number of hydrogen-bond donors (Lipinski definition) is 1. The fourth-order valence-electron chi connectivity index (χ4n) is 2.58. The monoisotopic (exact) mass is 410 g/mol. The van der Waals surface area contributed by atoms with Gasteiger partial charge in [0.2, 0.25) is 0 Å². The molecule has 0 unspecified atom stereocenters. The van der Waals surface area contributed by atoms with E-state index in [4.69, 9.17) is 16.3 Å². The van der Waals surface area contributed by atoms with Crippen LogP contribution in [0.3, 0.4) is 0 Å². The summed E-state index contributed by atoms with van der Waals surface area (Å²) in [7, 11) is 0. The molecule has 0 aliphatic rings. The molecule has 0 aliphatic carbocycles. The van der Waals surface area contributed by atoms with Crippen LogP contribution in [0.5, 0.6) is 5.75 Å². The Morgan fingerprint density at radius 3 is 2.55 bits per heavy atom. The fraction of sp³-hybridized carbons (Fsp3) is 0.130. The van der Waals surface area contributed by atoms with Crippen LogP contribution in [0, 0.1) is 19.7 Å². The van der Waals surface area contributed by atoms with Gasteiger partial charge in [-0.1, -0.05) is 35.9 Å². The van der Waals surface area contributed by atoms with Crippen LogP contribution >= 0.6 is 11.6 Å². The maximum Gasteiger partial charge on any atom is 0.271 e. The lowest BCUT2D eigenvalue weighted by atomic mass is 10.1. The van der Waals surface area contributed by atoms with E-state index < -0.39 is 11.7 Å². The van der Waals surface area contributed by atoms with E-state index >= 15 is 0 Å². The molecule has 0 fully saturated rings. The van der Waals surface area contributed by atoms with Crippen molar-refractivity contribution in [2.24, 2.45) is 5.10 Å². The molecular weight excluding hydrogens is 391 g/mol. The fourth-order valence-corrected chi connectivity index (χ4v) is 2.79. The van der Waals surface area contributed by atoms with Gasteiger partial charge in [0.05, 0.1) is 11.2 Å². The Hall–Kier alpha value is -3.18. The normalized spacial score (nSPS) is 10.9. The zero-order valence-corrected chi connectivity index (χ0v) is 16.8. The second-order valence-electron chi connectivity index (χ2n) is 6.57. The van der Waals surface area contributed by atoms with Gasteiger partial charge < -0.3 is 4.74 Å². The molecule has 4 nitrogen and oxygen atoms in total. The molecule has 1 N–H and O–H groups in total. The first kappa shape index (κ1) is 20.6. The largest absolute Gasteiger partial charge is 0.489 e. The number of ether oxygens (including phenoxy) is 1. The van der Waals surface area contributed by atoms with Gasteiger partial charge in [-0.2, -0.15) is 5.10 Å². The third-order valence-electron chi connectivity index (χ3n) is 4.46. The van der Waals surface area contributed by atoms with Gasteiger partial charge in [0, 0.05) is 11.1 Å². The molecule has 0 bridgehead atoms. The van der Waals surface area contributed by atoms with Crippen molar-refractivity contribution in [3.63, 3.8) is 0 Å². The minimum atomic E-state index is -0.511. The van der Waals surface area contributed by atoms with E-state index in [0.29, 0.717) is 12.2 Å². The molecule has 1 amide bonds. The Morgan fingerprint density at radius 1 is 1.10 bits per heavy atom. The smallest absolute Gasteiger partial charge is 0.271 e. The third-order valence-corrected chi connectivity index (χ3v) is 4.79. The van der Waals surface area contributed by atoms with E-state index in [1.807, 2.05) is 37.3 Å². The highest BCUT2D eigenvalue weighted by Crippen LogP contribution is 2.18. The summed E-state index contributed by atoms with van der Waals surface area (Å²) in [5.74, 6) is -0.116. The second-order valence-corrected chi connectivity index (χ2v) is 6.97. The van der Waals surface area contributed by atoms with Crippen LogP contribution in [0.25, 0.3) is 0 Å². The van der Waals surface area contributed by atoms with Gasteiger partial charge in [-0.25, -0.2) is 9.82 Å². The highest BCUT2D eigenvalue weighted by Gasteiger charge is 2.07. The summed E-state index contributed by atoms with van der Waals surface area (Å²) in [6.45, 7) is 4.49. The first-order valence-electron chi connectivity index (χ1n) is 9.00. The topological polar surface area (TPSA) is 50.7 Å². The Kier molecular flexibility index (Phi) is 6.62. The van der Waals surface area contributed by atoms with E-state index in [-0.39, 0.29) is 10.6 Å². The number of halogens is 2. The van der Waals surface area contributed by atoms with Crippen molar-refractivity contribution < 1.29 is 13.9 Å². The number of hydrogen-bond acceptors (Lipinski definition) is 3. The van der Waals surface area contributed by atoms with E-state index in [1.165, 1.54) is 29.5 Å². The first-order chi connectivity index (χ1) is 13.9. The van der Waals surface area contributed by atoms with Crippen molar-refractivity contribution in [1.29, 1.82) is 0 Å². The lowest BCUT2D eigenvalue weighted by molar-refractivity contribution is 0.0955. The minimum absolute atomic E-state index is 0.119. The number of carbonyl (C=O) groups is 1. The molecule has 0 heterocycles. The molecule has 0 atom stereocenters. The molecule has 3 rings (SSSR count). The van der Waals surface area contributed by atoms with Gasteiger partial charge in [-0.15, -0.1) is 0 Å². The zero-order valence-electron chi connectivity index (χ0n) is 16.1. The molecule has 0 spiro atoms. The van der Waals surface area contributed by atoms with E-state index in [2.05, 4.69) is 17.5 Å². The van der Waals surface area contributed by atoms with Crippen LogP contribution in [-0.4, -0.2) is 12.1 Å². The maximum atomic E-state index is 13.7. The summed E-state index contributed by atoms with van der Waals surface area (Å²) in [6.07, 6.45) is 1.18. The van der Waals surface area contributed by atoms with Crippen molar-refractivity contribution in [3.05, 3.63) is 99.3 Å².